The number of likely N-dealkylation sites (N-methyl/N-ethyl adjacent to an activating group) is 1. The third-order valence-corrected chi connectivity index (χ3v) is 2.36. The van der Waals surface area contributed by atoms with Gasteiger partial charge in [0.2, 0.25) is 6.10 Å². The van der Waals surface area contributed by atoms with Gasteiger partial charge in [-0.3, -0.25) is 0 Å². The van der Waals surface area contributed by atoms with Gasteiger partial charge in [-0.1, -0.05) is 0 Å². The van der Waals surface area contributed by atoms with Crippen molar-refractivity contribution in [1.29, 1.82) is 0 Å². The van der Waals surface area contributed by atoms with Gasteiger partial charge in [-0.15, -0.1) is 0 Å². The van der Waals surface area contributed by atoms with E-state index in [0.717, 1.165) is 12.1 Å². The second-order valence-corrected chi connectivity index (χ2v) is 3.56. The second-order valence-electron chi connectivity index (χ2n) is 3.56. The number of rotatable bonds is 1. The van der Waals surface area contributed by atoms with E-state index in [1.54, 1.807) is 0 Å². The molecular weight excluding hydrogens is 220 g/mol. The SMILES string of the molecule is CN1CC(C(=O)O)Oc2cc(F)cc(F)c21. The van der Waals surface area contributed by atoms with E-state index in [4.69, 9.17) is 9.84 Å². The molecule has 0 saturated carbocycles. The van der Waals surface area contributed by atoms with E-state index in [1.165, 1.54) is 11.9 Å². The first-order valence-corrected chi connectivity index (χ1v) is 4.58. The molecule has 1 aromatic rings. The van der Waals surface area contributed by atoms with E-state index in [9.17, 15) is 13.6 Å². The molecule has 0 amide bonds. The van der Waals surface area contributed by atoms with E-state index in [2.05, 4.69) is 0 Å². The minimum Gasteiger partial charge on any atom is -0.478 e. The summed E-state index contributed by atoms with van der Waals surface area (Å²) in [7, 11) is 1.53. The fourth-order valence-electron chi connectivity index (χ4n) is 1.66. The van der Waals surface area contributed by atoms with Gasteiger partial charge >= 0.3 is 5.97 Å². The number of fused-ring (bicyclic) bond motifs is 1. The third kappa shape index (κ3) is 1.66. The zero-order valence-corrected chi connectivity index (χ0v) is 8.41. The van der Waals surface area contributed by atoms with Gasteiger partial charge < -0.3 is 14.7 Å². The van der Waals surface area contributed by atoms with Crippen molar-refractivity contribution in [2.24, 2.45) is 0 Å². The molecule has 0 fully saturated rings. The van der Waals surface area contributed by atoms with Crippen molar-refractivity contribution in [3.05, 3.63) is 23.8 Å². The lowest BCUT2D eigenvalue weighted by atomic mass is 10.2. The lowest BCUT2D eigenvalue weighted by Crippen LogP contribution is -2.43. The summed E-state index contributed by atoms with van der Waals surface area (Å²) in [5.74, 6) is -2.81. The number of carboxylic acids is 1. The minimum atomic E-state index is -1.16. The van der Waals surface area contributed by atoms with Crippen LogP contribution in [0.4, 0.5) is 14.5 Å². The molecule has 4 nitrogen and oxygen atoms in total. The monoisotopic (exact) mass is 229 g/mol. The molecule has 6 heteroatoms. The first-order valence-electron chi connectivity index (χ1n) is 4.58. The van der Waals surface area contributed by atoms with Crippen LogP contribution in [0.15, 0.2) is 12.1 Å². The number of anilines is 1. The standard InChI is InChI=1S/C10H9F2NO3/c1-13-4-8(10(14)15)16-7-3-5(11)2-6(12)9(7)13/h2-3,8H,4H2,1H3,(H,14,15). The molecule has 0 saturated heterocycles. The van der Waals surface area contributed by atoms with Gasteiger partial charge in [-0.05, 0) is 0 Å². The zero-order chi connectivity index (χ0) is 11.9. The summed E-state index contributed by atoms with van der Waals surface area (Å²) in [6, 6.07) is 1.71. The Morgan fingerprint density at radius 1 is 1.56 bits per heavy atom. The highest BCUT2D eigenvalue weighted by atomic mass is 19.1. The van der Waals surface area contributed by atoms with Gasteiger partial charge in [0.05, 0.1) is 6.54 Å². The van der Waals surface area contributed by atoms with E-state index in [0.29, 0.717) is 0 Å². The highest BCUT2D eigenvalue weighted by Gasteiger charge is 2.31. The van der Waals surface area contributed by atoms with Crippen LogP contribution in [0.5, 0.6) is 5.75 Å². The Balaban J connectivity index is 2.46. The first kappa shape index (κ1) is 10.7. The molecule has 1 aliphatic rings. The topological polar surface area (TPSA) is 49.8 Å². The van der Waals surface area contributed by atoms with E-state index >= 15 is 0 Å². The summed E-state index contributed by atoms with van der Waals surface area (Å²) in [4.78, 5) is 12.1. The van der Waals surface area contributed by atoms with E-state index in [1.807, 2.05) is 0 Å². The fourth-order valence-corrected chi connectivity index (χ4v) is 1.66. The molecule has 16 heavy (non-hydrogen) atoms. The maximum absolute atomic E-state index is 13.4. The van der Waals surface area contributed by atoms with Crippen LogP contribution in [0, 0.1) is 11.6 Å². The van der Waals surface area contributed by atoms with Crippen LogP contribution in [-0.4, -0.2) is 30.8 Å². The Hall–Kier alpha value is -1.85. The summed E-state index contributed by atoms with van der Waals surface area (Å²) >= 11 is 0. The Kier molecular flexibility index (Phi) is 2.41. The average molecular weight is 229 g/mol. The molecule has 1 heterocycles. The number of carbonyl (C=O) groups is 1. The molecule has 0 aromatic heterocycles. The quantitative estimate of drug-likeness (QED) is 0.787. The van der Waals surface area contributed by atoms with Crippen molar-refractivity contribution in [1.82, 2.24) is 0 Å². The van der Waals surface area contributed by atoms with Gasteiger partial charge in [-0.25, -0.2) is 13.6 Å². The number of hydrogen-bond donors (Lipinski definition) is 1. The van der Waals surface area contributed by atoms with Crippen molar-refractivity contribution in [2.45, 2.75) is 6.10 Å². The molecule has 0 bridgehead atoms. The van der Waals surface area contributed by atoms with Crippen LogP contribution < -0.4 is 9.64 Å². The molecule has 2 rings (SSSR count). The normalized spacial score (nSPS) is 18.9. The third-order valence-electron chi connectivity index (χ3n) is 2.36. The Morgan fingerprint density at radius 3 is 2.88 bits per heavy atom. The number of hydrogen-bond acceptors (Lipinski definition) is 3. The van der Waals surface area contributed by atoms with Crippen LogP contribution in [-0.2, 0) is 4.79 Å². The summed E-state index contributed by atoms with van der Waals surface area (Å²) in [5, 5.41) is 8.78. The van der Waals surface area contributed by atoms with Crippen LogP contribution in [0.25, 0.3) is 0 Å². The van der Waals surface area contributed by atoms with Gasteiger partial charge in [0, 0.05) is 19.2 Å². The molecular formula is C10H9F2NO3. The number of benzene rings is 1. The molecule has 1 unspecified atom stereocenters. The summed E-state index contributed by atoms with van der Waals surface area (Å²) in [6.45, 7) is 0.0187. The van der Waals surface area contributed by atoms with Crippen LogP contribution in [0.3, 0.4) is 0 Å². The Labute approximate surface area is 90.0 Å². The molecule has 1 N–H and O–H groups in total. The van der Waals surface area contributed by atoms with Gasteiger partial charge in [0.15, 0.2) is 5.82 Å². The lowest BCUT2D eigenvalue weighted by Gasteiger charge is -2.31. The largest absolute Gasteiger partial charge is 0.478 e. The van der Waals surface area contributed by atoms with Gasteiger partial charge in [-0.2, -0.15) is 0 Å². The minimum absolute atomic E-state index is 0.0187. The number of nitrogens with zero attached hydrogens (tertiary/aromatic N) is 1. The smallest absolute Gasteiger partial charge is 0.346 e. The maximum atomic E-state index is 13.4. The van der Waals surface area contributed by atoms with Crippen LogP contribution >= 0.6 is 0 Å². The molecule has 0 aliphatic carbocycles. The highest BCUT2D eigenvalue weighted by Crippen LogP contribution is 2.35. The number of ether oxygens (including phenoxy) is 1. The van der Waals surface area contributed by atoms with Gasteiger partial charge in [0.1, 0.15) is 17.3 Å². The van der Waals surface area contributed by atoms with E-state index < -0.39 is 23.7 Å². The Bertz CT molecular complexity index is 450. The number of halogens is 2. The molecule has 1 atom stereocenters. The summed E-state index contributed by atoms with van der Waals surface area (Å²) < 4.78 is 31.3. The molecule has 86 valence electrons. The van der Waals surface area contributed by atoms with Crippen molar-refractivity contribution in [3.8, 4) is 5.75 Å². The van der Waals surface area contributed by atoms with Crippen molar-refractivity contribution >= 4 is 11.7 Å². The fraction of sp³-hybridized carbons (Fsp3) is 0.300. The molecule has 0 spiro atoms. The van der Waals surface area contributed by atoms with Crippen molar-refractivity contribution < 1.29 is 23.4 Å². The average Bonchev–Trinajstić information content (AvgIpc) is 2.15. The number of aliphatic carboxylic acids is 1. The number of carboxylic acid groups (broad SMARTS) is 1. The predicted molar refractivity (Wildman–Crippen MR) is 51.7 cm³/mol. The molecule has 1 aliphatic heterocycles. The van der Waals surface area contributed by atoms with Crippen LogP contribution in [0.1, 0.15) is 0 Å². The van der Waals surface area contributed by atoms with E-state index in [-0.39, 0.29) is 18.0 Å². The summed E-state index contributed by atoms with van der Waals surface area (Å²) in [6.07, 6.45) is -1.11. The van der Waals surface area contributed by atoms with Crippen molar-refractivity contribution in [2.75, 3.05) is 18.5 Å². The molecule has 0 radical (unpaired) electrons. The highest BCUT2D eigenvalue weighted by molar-refractivity contribution is 5.76. The Morgan fingerprint density at radius 2 is 2.25 bits per heavy atom. The summed E-state index contributed by atoms with van der Waals surface area (Å²) in [5.41, 5.74) is 0.0823. The molecule has 1 aromatic carbocycles. The predicted octanol–water partition coefficient (Wildman–Crippen LogP) is 1.25. The van der Waals surface area contributed by atoms with Crippen molar-refractivity contribution in [3.63, 3.8) is 0 Å². The van der Waals surface area contributed by atoms with Crippen LogP contribution in [0.2, 0.25) is 0 Å². The maximum Gasteiger partial charge on any atom is 0.346 e. The lowest BCUT2D eigenvalue weighted by molar-refractivity contribution is -0.144. The van der Waals surface area contributed by atoms with Gasteiger partial charge in [0.25, 0.3) is 0 Å². The first-order chi connectivity index (χ1) is 7.49. The zero-order valence-electron chi connectivity index (χ0n) is 8.41. The second kappa shape index (κ2) is 3.62.